The van der Waals surface area contributed by atoms with Gasteiger partial charge in [-0.2, -0.15) is 0 Å². The molecule has 238 valence electrons. The third-order valence-electron chi connectivity index (χ3n) is 8.46. The molecule has 0 spiro atoms. The highest BCUT2D eigenvalue weighted by atomic mass is 15.1. The van der Waals surface area contributed by atoms with Gasteiger partial charge in [-0.05, 0) is 90.7 Å². The molecule has 0 saturated carbocycles. The van der Waals surface area contributed by atoms with Crippen molar-refractivity contribution in [3.63, 3.8) is 0 Å². The maximum absolute atomic E-state index is 3.56. The summed E-state index contributed by atoms with van der Waals surface area (Å²) < 4.78 is 0. The van der Waals surface area contributed by atoms with Gasteiger partial charge in [-0.3, -0.25) is 0 Å². The molecule has 1 aliphatic rings. The van der Waals surface area contributed by atoms with Crippen LogP contribution in [0.15, 0.2) is 194 Å². The van der Waals surface area contributed by atoms with Crippen molar-refractivity contribution in [3.8, 4) is 11.1 Å². The molecule has 0 saturated heterocycles. The lowest BCUT2D eigenvalue weighted by Crippen LogP contribution is -2.16. The minimum Gasteiger partial charge on any atom is -0.310 e. The SMILES string of the molecule is C=C/C=C(/C)C=C.Cc1ccc(-c2ccc(N(C3=CCCC=C3)c3cccc4ccccc34)cc2)cc1.Cc1cccc2ccccc12. The highest BCUT2D eigenvalue weighted by Gasteiger charge is 2.16. The quantitative estimate of drug-likeness (QED) is 0.167. The van der Waals surface area contributed by atoms with Crippen LogP contribution < -0.4 is 4.90 Å². The van der Waals surface area contributed by atoms with E-state index in [9.17, 15) is 0 Å². The Kier molecular flexibility index (Phi) is 11.8. The molecule has 0 atom stereocenters. The lowest BCUT2D eigenvalue weighted by atomic mass is 10.0. The molecule has 0 radical (unpaired) electrons. The zero-order chi connectivity index (χ0) is 33.7. The molecule has 0 aliphatic heterocycles. The molecule has 1 heteroatoms. The Morgan fingerprint density at radius 3 is 1.79 bits per heavy atom. The van der Waals surface area contributed by atoms with Gasteiger partial charge in [-0.1, -0.05) is 170 Å². The number of allylic oxidation sites excluding steroid dienone is 7. The first-order valence-electron chi connectivity index (χ1n) is 16.7. The standard InChI is InChI=1S/C29H25N.C11H10.C7H10/c1-22-14-16-23(17-15-22)24-18-20-27(21-19-24)30(26-10-3-2-4-11-26)29-13-7-9-25-8-5-6-12-28(25)29;1-9-5-4-7-10-6-2-3-8-11(9)10;1-4-6-7(3)5-2/h3,5-21H,2,4H2,1H3;2-8H,1H3;4-6H,1-2H2,3H3/b;;7-6-. The topological polar surface area (TPSA) is 3.24 Å². The maximum Gasteiger partial charge on any atom is 0.0539 e. The fourth-order valence-electron chi connectivity index (χ4n) is 5.79. The molecule has 0 bridgehead atoms. The Morgan fingerprint density at radius 1 is 0.625 bits per heavy atom. The van der Waals surface area contributed by atoms with Crippen LogP contribution in [0.2, 0.25) is 0 Å². The van der Waals surface area contributed by atoms with Gasteiger partial charge < -0.3 is 4.90 Å². The van der Waals surface area contributed by atoms with E-state index in [0.29, 0.717) is 0 Å². The first kappa shape index (κ1) is 33.7. The van der Waals surface area contributed by atoms with Crippen LogP contribution in [-0.2, 0) is 0 Å². The zero-order valence-corrected chi connectivity index (χ0v) is 28.4. The number of hydrogen-bond acceptors (Lipinski definition) is 1. The van der Waals surface area contributed by atoms with Crippen molar-refractivity contribution in [3.05, 3.63) is 205 Å². The largest absolute Gasteiger partial charge is 0.310 e. The molecule has 0 amide bonds. The molecule has 0 aromatic heterocycles. The summed E-state index contributed by atoms with van der Waals surface area (Å²) in [4.78, 5) is 2.39. The summed E-state index contributed by atoms with van der Waals surface area (Å²) in [5.41, 5.74) is 9.91. The zero-order valence-electron chi connectivity index (χ0n) is 28.4. The average Bonchev–Trinajstić information content (AvgIpc) is 3.14. The van der Waals surface area contributed by atoms with Gasteiger partial charge in [0.15, 0.2) is 0 Å². The molecular formula is C47H45N. The van der Waals surface area contributed by atoms with Gasteiger partial charge in [0.2, 0.25) is 0 Å². The second kappa shape index (κ2) is 16.8. The molecule has 1 aliphatic carbocycles. The molecule has 0 N–H and O–H groups in total. The lowest BCUT2D eigenvalue weighted by molar-refractivity contribution is 0.998. The van der Waals surface area contributed by atoms with Gasteiger partial charge in [0, 0.05) is 16.8 Å². The van der Waals surface area contributed by atoms with Gasteiger partial charge in [0.05, 0.1) is 5.69 Å². The Hall–Kier alpha value is -5.66. The minimum absolute atomic E-state index is 1.08. The van der Waals surface area contributed by atoms with Crippen LogP contribution >= 0.6 is 0 Å². The van der Waals surface area contributed by atoms with E-state index in [0.717, 1.165) is 18.4 Å². The molecule has 0 heterocycles. The average molecular weight is 624 g/mol. The smallest absolute Gasteiger partial charge is 0.0539 e. The number of nitrogens with zero attached hydrogens (tertiary/aromatic N) is 1. The number of aryl methyl sites for hydroxylation is 2. The van der Waals surface area contributed by atoms with Crippen molar-refractivity contribution in [2.45, 2.75) is 33.6 Å². The van der Waals surface area contributed by atoms with E-state index >= 15 is 0 Å². The number of rotatable bonds is 6. The molecule has 6 aromatic rings. The molecule has 0 fully saturated rings. The van der Waals surface area contributed by atoms with Crippen LogP contribution in [0.4, 0.5) is 11.4 Å². The van der Waals surface area contributed by atoms with E-state index in [1.165, 1.54) is 60.9 Å². The monoisotopic (exact) mass is 623 g/mol. The predicted molar refractivity (Wildman–Crippen MR) is 212 cm³/mol. The maximum atomic E-state index is 3.56. The Labute approximate surface area is 287 Å². The van der Waals surface area contributed by atoms with Crippen molar-refractivity contribution in [2.75, 3.05) is 4.90 Å². The summed E-state index contributed by atoms with van der Waals surface area (Å²) in [6, 6.07) is 47.7. The minimum atomic E-state index is 1.08. The first-order valence-corrected chi connectivity index (χ1v) is 16.7. The van der Waals surface area contributed by atoms with Gasteiger partial charge >= 0.3 is 0 Å². The molecule has 0 unspecified atom stereocenters. The van der Waals surface area contributed by atoms with E-state index in [2.05, 4.69) is 184 Å². The summed E-state index contributed by atoms with van der Waals surface area (Å²) in [6.45, 7) is 13.3. The van der Waals surface area contributed by atoms with E-state index in [1.54, 1.807) is 12.2 Å². The van der Waals surface area contributed by atoms with Gasteiger partial charge in [-0.15, -0.1) is 0 Å². The molecule has 7 rings (SSSR count). The molecule has 48 heavy (non-hydrogen) atoms. The van der Waals surface area contributed by atoms with Gasteiger partial charge in [0.25, 0.3) is 0 Å². The van der Waals surface area contributed by atoms with Crippen LogP contribution in [0.3, 0.4) is 0 Å². The second-order valence-electron chi connectivity index (χ2n) is 12.0. The number of benzene rings is 6. The fourth-order valence-corrected chi connectivity index (χ4v) is 5.79. The fraction of sp³-hybridized carbons (Fsp3) is 0.106. The van der Waals surface area contributed by atoms with E-state index in [4.69, 9.17) is 0 Å². The molecule has 1 nitrogen and oxygen atoms in total. The van der Waals surface area contributed by atoms with Crippen molar-refractivity contribution in [2.24, 2.45) is 0 Å². The van der Waals surface area contributed by atoms with Crippen LogP contribution in [0.25, 0.3) is 32.7 Å². The van der Waals surface area contributed by atoms with Crippen molar-refractivity contribution < 1.29 is 0 Å². The number of hydrogen-bond donors (Lipinski definition) is 0. The summed E-state index contributed by atoms with van der Waals surface area (Å²) >= 11 is 0. The number of anilines is 2. The molecular weight excluding hydrogens is 579 g/mol. The third-order valence-corrected chi connectivity index (χ3v) is 8.46. The van der Waals surface area contributed by atoms with Crippen LogP contribution in [-0.4, -0.2) is 0 Å². The van der Waals surface area contributed by atoms with Gasteiger partial charge in [0.1, 0.15) is 0 Å². The van der Waals surface area contributed by atoms with Crippen LogP contribution in [0, 0.1) is 13.8 Å². The van der Waals surface area contributed by atoms with Crippen molar-refractivity contribution in [1.29, 1.82) is 0 Å². The Morgan fingerprint density at radius 2 is 1.21 bits per heavy atom. The van der Waals surface area contributed by atoms with E-state index in [-0.39, 0.29) is 0 Å². The Balaban J connectivity index is 0.000000204. The summed E-state index contributed by atoms with van der Waals surface area (Å²) in [5.74, 6) is 0. The summed E-state index contributed by atoms with van der Waals surface area (Å²) in [5, 5.41) is 5.21. The Bertz CT molecular complexity index is 2060. The summed E-state index contributed by atoms with van der Waals surface area (Å²) in [7, 11) is 0. The first-order chi connectivity index (χ1) is 23.5. The normalized spacial score (nSPS) is 12.2. The third kappa shape index (κ3) is 8.57. The highest BCUT2D eigenvalue weighted by Crippen LogP contribution is 2.37. The molecule has 6 aromatic carbocycles. The predicted octanol–water partition coefficient (Wildman–Crippen LogP) is 13.6. The van der Waals surface area contributed by atoms with Crippen molar-refractivity contribution in [1.82, 2.24) is 0 Å². The van der Waals surface area contributed by atoms with Crippen LogP contribution in [0.5, 0.6) is 0 Å². The lowest BCUT2D eigenvalue weighted by Gasteiger charge is -2.29. The number of fused-ring (bicyclic) bond motifs is 2. The van der Waals surface area contributed by atoms with Gasteiger partial charge in [-0.25, -0.2) is 0 Å². The second-order valence-corrected chi connectivity index (χ2v) is 12.0. The summed E-state index contributed by atoms with van der Waals surface area (Å²) in [6.07, 6.45) is 14.5. The van der Waals surface area contributed by atoms with E-state index in [1.807, 2.05) is 13.0 Å². The van der Waals surface area contributed by atoms with Crippen LogP contribution in [0.1, 0.15) is 30.9 Å². The highest BCUT2D eigenvalue weighted by molar-refractivity contribution is 5.97. The van der Waals surface area contributed by atoms with E-state index < -0.39 is 0 Å². The van der Waals surface area contributed by atoms with Crippen molar-refractivity contribution >= 4 is 32.9 Å².